The molecule has 2 N–H and O–H groups in total. The molecule has 2 aliphatic rings. The van der Waals surface area contributed by atoms with Crippen LogP contribution in [0.5, 0.6) is 0 Å². The minimum atomic E-state index is -0.996. The number of fused-ring (bicyclic) bond motifs is 2. The van der Waals surface area contributed by atoms with Gasteiger partial charge < -0.3 is 19.8 Å². The number of hydrogen-bond donors (Lipinski definition) is 2. The van der Waals surface area contributed by atoms with Crippen LogP contribution in [0.15, 0.2) is 24.3 Å². The normalized spacial score (nSPS) is 29.6. The molecule has 2 fully saturated rings. The summed E-state index contributed by atoms with van der Waals surface area (Å²) in [5, 5.41) is 20.9. The molecule has 1 aromatic carbocycles. The fourth-order valence-electron chi connectivity index (χ4n) is 4.17. The van der Waals surface area contributed by atoms with Gasteiger partial charge in [-0.05, 0) is 44.7 Å². The molecule has 3 rings (SSSR count). The highest BCUT2D eigenvalue weighted by molar-refractivity contribution is 5.70. The molecule has 132 valence electrons. The molecule has 1 amide bonds. The fourth-order valence-corrected chi connectivity index (χ4v) is 4.17. The number of aliphatic hydroxyl groups is 2. The van der Waals surface area contributed by atoms with E-state index in [-0.39, 0.29) is 24.8 Å². The van der Waals surface area contributed by atoms with Crippen molar-refractivity contribution in [3.8, 4) is 0 Å². The van der Waals surface area contributed by atoms with Crippen LogP contribution in [0.2, 0.25) is 0 Å². The first-order valence-corrected chi connectivity index (χ1v) is 8.66. The van der Waals surface area contributed by atoms with Gasteiger partial charge in [-0.1, -0.05) is 24.3 Å². The van der Waals surface area contributed by atoms with Crippen LogP contribution in [0.25, 0.3) is 0 Å². The maximum absolute atomic E-state index is 12.5. The van der Waals surface area contributed by atoms with E-state index in [1.165, 1.54) is 0 Å². The van der Waals surface area contributed by atoms with Crippen LogP contribution < -0.4 is 0 Å². The van der Waals surface area contributed by atoms with Crippen molar-refractivity contribution < 1.29 is 19.7 Å². The Hall–Kier alpha value is -1.59. The van der Waals surface area contributed by atoms with Gasteiger partial charge in [-0.15, -0.1) is 0 Å². The number of ether oxygens (including phenoxy) is 1. The topological polar surface area (TPSA) is 70.0 Å². The van der Waals surface area contributed by atoms with Crippen molar-refractivity contribution in [3.05, 3.63) is 35.4 Å². The van der Waals surface area contributed by atoms with E-state index >= 15 is 0 Å². The Balaban J connectivity index is 1.83. The lowest BCUT2D eigenvalue weighted by atomic mass is 9.79. The average Bonchev–Trinajstić information content (AvgIpc) is 2.78. The number of amides is 1. The maximum atomic E-state index is 12.5. The second-order valence-electron chi connectivity index (χ2n) is 8.03. The highest BCUT2D eigenvalue weighted by Gasteiger charge is 2.51. The molecule has 2 aliphatic heterocycles. The standard InChI is InChI=1S/C19H27NO4/c1-18(2,3)24-17(22)20-14-8-9-15(20)11-19(23,10-14)16-7-5-4-6-13(16)12-21/h4-7,14-15,21,23H,8-12H2,1-3H3. The van der Waals surface area contributed by atoms with Crippen LogP contribution in [0.4, 0.5) is 4.79 Å². The van der Waals surface area contributed by atoms with E-state index in [4.69, 9.17) is 4.74 Å². The molecule has 0 radical (unpaired) electrons. The molecule has 5 heteroatoms. The average molecular weight is 333 g/mol. The summed E-state index contributed by atoms with van der Waals surface area (Å²) in [7, 11) is 0. The third kappa shape index (κ3) is 3.15. The van der Waals surface area contributed by atoms with E-state index in [1.54, 1.807) is 0 Å². The number of nitrogens with zero attached hydrogens (tertiary/aromatic N) is 1. The molecular weight excluding hydrogens is 306 g/mol. The smallest absolute Gasteiger partial charge is 0.410 e. The fraction of sp³-hybridized carbons (Fsp3) is 0.632. The van der Waals surface area contributed by atoms with Gasteiger partial charge in [0.25, 0.3) is 0 Å². The van der Waals surface area contributed by atoms with Crippen LogP contribution in [0.3, 0.4) is 0 Å². The van der Waals surface area contributed by atoms with Gasteiger partial charge in [0.15, 0.2) is 0 Å². The highest BCUT2D eigenvalue weighted by Crippen LogP contribution is 2.46. The summed E-state index contributed by atoms with van der Waals surface area (Å²) in [6.07, 6.45) is 2.45. The molecule has 2 bridgehead atoms. The monoisotopic (exact) mass is 333 g/mol. The van der Waals surface area contributed by atoms with E-state index in [0.717, 1.165) is 24.0 Å². The lowest BCUT2D eigenvalue weighted by Gasteiger charge is -2.44. The van der Waals surface area contributed by atoms with E-state index in [9.17, 15) is 15.0 Å². The van der Waals surface area contributed by atoms with Gasteiger partial charge in [0.1, 0.15) is 5.60 Å². The number of carbonyl (C=O) groups excluding carboxylic acids is 1. The number of rotatable bonds is 2. The first kappa shape index (κ1) is 17.2. The van der Waals surface area contributed by atoms with E-state index in [1.807, 2.05) is 49.9 Å². The lowest BCUT2D eigenvalue weighted by Crippen LogP contribution is -2.53. The number of benzene rings is 1. The van der Waals surface area contributed by atoms with Gasteiger partial charge in [0.2, 0.25) is 0 Å². The SMILES string of the molecule is CC(C)(C)OC(=O)N1C2CCC1CC(O)(c1ccccc1CO)C2. The molecule has 1 aromatic rings. The zero-order valence-electron chi connectivity index (χ0n) is 14.7. The van der Waals surface area contributed by atoms with Gasteiger partial charge in [-0.25, -0.2) is 4.79 Å². The molecule has 24 heavy (non-hydrogen) atoms. The van der Waals surface area contributed by atoms with Crippen LogP contribution >= 0.6 is 0 Å². The summed E-state index contributed by atoms with van der Waals surface area (Å²) >= 11 is 0. The van der Waals surface area contributed by atoms with Crippen molar-refractivity contribution >= 4 is 6.09 Å². The van der Waals surface area contributed by atoms with Gasteiger partial charge >= 0.3 is 6.09 Å². The highest BCUT2D eigenvalue weighted by atomic mass is 16.6. The first-order valence-electron chi connectivity index (χ1n) is 8.66. The Morgan fingerprint density at radius 1 is 1.25 bits per heavy atom. The van der Waals surface area contributed by atoms with Gasteiger partial charge in [-0.2, -0.15) is 0 Å². The van der Waals surface area contributed by atoms with Crippen LogP contribution in [-0.2, 0) is 16.9 Å². The van der Waals surface area contributed by atoms with Crippen molar-refractivity contribution in [1.82, 2.24) is 4.90 Å². The number of piperidine rings is 1. The Morgan fingerprint density at radius 2 is 1.83 bits per heavy atom. The van der Waals surface area contributed by atoms with E-state index in [0.29, 0.717) is 12.8 Å². The summed E-state index contributed by atoms with van der Waals surface area (Å²) in [4.78, 5) is 14.3. The third-order valence-corrected chi connectivity index (χ3v) is 5.06. The second kappa shape index (κ2) is 6.05. The largest absolute Gasteiger partial charge is 0.444 e. The molecule has 2 atom stereocenters. The summed E-state index contributed by atoms with van der Waals surface area (Å²) < 4.78 is 5.54. The Labute approximate surface area is 143 Å². The van der Waals surface area contributed by atoms with Gasteiger partial charge in [-0.3, -0.25) is 0 Å². The van der Waals surface area contributed by atoms with Crippen molar-refractivity contribution in [2.24, 2.45) is 0 Å². The van der Waals surface area contributed by atoms with Crippen molar-refractivity contribution in [2.45, 2.75) is 76.3 Å². The zero-order chi connectivity index (χ0) is 17.5. The molecule has 0 saturated carbocycles. The molecule has 0 aliphatic carbocycles. The Morgan fingerprint density at radius 3 is 2.38 bits per heavy atom. The summed E-state index contributed by atoms with van der Waals surface area (Å²) in [5.41, 5.74) is 0.0237. The third-order valence-electron chi connectivity index (χ3n) is 5.06. The van der Waals surface area contributed by atoms with Gasteiger partial charge in [0.05, 0.1) is 12.2 Å². The molecular formula is C19H27NO4. The number of carbonyl (C=O) groups is 1. The second-order valence-corrected chi connectivity index (χ2v) is 8.03. The predicted molar refractivity (Wildman–Crippen MR) is 90.4 cm³/mol. The van der Waals surface area contributed by atoms with Crippen LogP contribution in [0, 0.1) is 0 Å². The van der Waals surface area contributed by atoms with Crippen molar-refractivity contribution in [2.75, 3.05) is 0 Å². The predicted octanol–water partition coefficient (Wildman–Crippen LogP) is 2.93. The number of hydrogen-bond acceptors (Lipinski definition) is 4. The Bertz CT molecular complexity index is 608. The van der Waals surface area contributed by atoms with E-state index < -0.39 is 11.2 Å². The van der Waals surface area contributed by atoms with E-state index in [2.05, 4.69) is 0 Å². The maximum Gasteiger partial charge on any atom is 0.410 e. The summed E-state index contributed by atoms with van der Waals surface area (Å²) in [6.45, 7) is 5.50. The zero-order valence-corrected chi connectivity index (χ0v) is 14.7. The number of aliphatic hydroxyl groups excluding tert-OH is 1. The summed E-state index contributed by atoms with van der Waals surface area (Å²) in [6, 6.07) is 7.44. The van der Waals surface area contributed by atoms with Gasteiger partial charge in [0, 0.05) is 24.9 Å². The lowest BCUT2D eigenvalue weighted by molar-refractivity contribution is -0.0632. The molecule has 2 saturated heterocycles. The van der Waals surface area contributed by atoms with Crippen LogP contribution in [0.1, 0.15) is 57.6 Å². The molecule has 0 aromatic heterocycles. The Kier molecular flexibility index (Phi) is 4.34. The minimum absolute atomic E-state index is 0.0182. The summed E-state index contributed by atoms with van der Waals surface area (Å²) in [5.74, 6) is 0. The first-order chi connectivity index (χ1) is 11.2. The molecule has 2 unspecified atom stereocenters. The minimum Gasteiger partial charge on any atom is -0.444 e. The quantitative estimate of drug-likeness (QED) is 0.873. The van der Waals surface area contributed by atoms with Crippen molar-refractivity contribution in [3.63, 3.8) is 0 Å². The molecule has 0 spiro atoms. The molecule has 2 heterocycles. The van der Waals surface area contributed by atoms with Crippen LogP contribution in [-0.4, -0.2) is 38.9 Å². The van der Waals surface area contributed by atoms with Crippen molar-refractivity contribution in [1.29, 1.82) is 0 Å². The molecule has 5 nitrogen and oxygen atoms in total.